The molecule has 110 valence electrons. The Morgan fingerprint density at radius 3 is 2.95 bits per heavy atom. The molecule has 0 heterocycles. The van der Waals surface area contributed by atoms with Gasteiger partial charge in [-0.15, -0.1) is 0 Å². The summed E-state index contributed by atoms with van der Waals surface area (Å²) in [6.07, 6.45) is 6.53. The Kier molecular flexibility index (Phi) is 5.87. The molecule has 20 heavy (non-hydrogen) atoms. The normalized spacial score (nSPS) is 22.6. The second kappa shape index (κ2) is 7.43. The van der Waals surface area contributed by atoms with Crippen molar-refractivity contribution >= 4 is 28.5 Å². The van der Waals surface area contributed by atoms with Gasteiger partial charge in [-0.3, -0.25) is 4.79 Å². The summed E-state index contributed by atoms with van der Waals surface area (Å²) in [4.78, 5) is 12.2. The molecule has 1 aromatic rings. The van der Waals surface area contributed by atoms with E-state index >= 15 is 0 Å². The van der Waals surface area contributed by atoms with Crippen LogP contribution in [0.25, 0.3) is 0 Å². The van der Waals surface area contributed by atoms with Crippen LogP contribution in [0.15, 0.2) is 18.2 Å². The van der Waals surface area contributed by atoms with Gasteiger partial charge in [0.05, 0.1) is 5.56 Å². The summed E-state index contributed by atoms with van der Waals surface area (Å²) in [5.41, 5.74) is 1.97. The van der Waals surface area contributed by atoms with Crippen LogP contribution in [0.1, 0.15) is 54.9 Å². The molecule has 1 amide bonds. The number of amides is 1. The fraction of sp³-hybridized carbons (Fsp3) is 0.588. The summed E-state index contributed by atoms with van der Waals surface area (Å²) in [6, 6.07) is 5.91. The predicted octanol–water partition coefficient (Wildman–Crippen LogP) is 4.55. The van der Waals surface area contributed by atoms with Crippen LogP contribution >= 0.6 is 22.6 Å². The number of rotatable bonds is 4. The number of nitrogens with one attached hydrogen (secondary N) is 1. The van der Waals surface area contributed by atoms with Gasteiger partial charge in [0.1, 0.15) is 0 Å². The summed E-state index contributed by atoms with van der Waals surface area (Å²) < 4.78 is 1.06. The standard InChI is InChI=1S/C17H24INO/c1-12-5-3-7-14(11-12)9-10-19-17(20)15-8-4-6-13(2)16(15)18/h4,6,8,12,14H,3,5,7,9-11H2,1-2H3,(H,19,20). The molecule has 1 aliphatic rings. The Hall–Kier alpha value is -0.580. The largest absolute Gasteiger partial charge is 0.352 e. The highest BCUT2D eigenvalue weighted by Gasteiger charge is 2.19. The van der Waals surface area contributed by atoms with E-state index in [0.717, 1.165) is 33.9 Å². The van der Waals surface area contributed by atoms with Crippen LogP contribution in [0.5, 0.6) is 0 Å². The van der Waals surface area contributed by atoms with E-state index < -0.39 is 0 Å². The third kappa shape index (κ3) is 4.21. The molecule has 3 heteroatoms. The van der Waals surface area contributed by atoms with Gasteiger partial charge in [0.15, 0.2) is 0 Å². The van der Waals surface area contributed by atoms with E-state index in [4.69, 9.17) is 0 Å². The van der Waals surface area contributed by atoms with Crippen molar-refractivity contribution in [1.29, 1.82) is 0 Å². The van der Waals surface area contributed by atoms with Gasteiger partial charge in [-0.2, -0.15) is 0 Å². The Morgan fingerprint density at radius 1 is 1.40 bits per heavy atom. The van der Waals surface area contributed by atoms with Crippen LogP contribution < -0.4 is 5.32 Å². The third-order valence-electron chi connectivity index (χ3n) is 4.32. The molecule has 2 unspecified atom stereocenters. The number of aryl methyl sites for hydroxylation is 1. The molecule has 0 radical (unpaired) electrons. The lowest BCUT2D eigenvalue weighted by Crippen LogP contribution is -2.27. The molecule has 2 nitrogen and oxygen atoms in total. The molecular weight excluding hydrogens is 361 g/mol. The van der Waals surface area contributed by atoms with Crippen molar-refractivity contribution in [3.63, 3.8) is 0 Å². The van der Waals surface area contributed by atoms with Crippen LogP contribution in [0, 0.1) is 22.3 Å². The molecule has 0 aromatic heterocycles. The Labute approximate surface area is 135 Å². The average Bonchev–Trinajstić information content (AvgIpc) is 2.42. The molecule has 1 aliphatic carbocycles. The molecule has 0 bridgehead atoms. The summed E-state index contributed by atoms with van der Waals surface area (Å²) in [7, 11) is 0. The molecule has 0 spiro atoms. The molecule has 1 aromatic carbocycles. The lowest BCUT2D eigenvalue weighted by Gasteiger charge is -2.26. The lowest BCUT2D eigenvalue weighted by molar-refractivity contribution is 0.0948. The van der Waals surface area contributed by atoms with Crippen LogP contribution in [0.3, 0.4) is 0 Å². The van der Waals surface area contributed by atoms with E-state index in [9.17, 15) is 4.79 Å². The van der Waals surface area contributed by atoms with Crippen molar-refractivity contribution in [2.45, 2.75) is 46.0 Å². The highest BCUT2D eigenvalue weighted by atomic mass is 127. The van der Waals surface area contributed by atoms with E-state index in [-0.39, 0.29) is 5.91 Å². The molecule has 2 atom stereocenters. The Bertz CT molecular complexity index is 472. The van der Waals surface area contributed by atoms with Gasteiger partial charge >= 0.3 is 0 Å². The van der Waals surface area contributed by atoms with Crippen LogP contribution in [-0.2, 0) is 0 Å². The minimum Gasteiger partial charge on any atom is -0.352 e. The summed E-state index contributed by atoms with van der Waals surface area (Å²) in [6.45, 7) is 5.20. The van der Waals surface area contributed by atoms with Crippen molar-refractivity contribution in [1.82, 2.24) is 5.32 Å². The molecule has 2 rings (SSSR count). The van der Waals surface area contributed by atoms with Gasteiger partial charge in [-0.25, -0.2) is 0 Å². The first kappa shape index (κ1) is 15.8. The molecule has 0 aliphatic heterocycles. The summed E-state index contributed by atoms with van der Waals surface area (Å²) >= 11 is 2.26. The number of carbonyl (C=O) groups excluding carboxylic acids is 1. The highest BCUT2D eigenvalue weighted by molar-refractivity contribution is 14.1. The van der Waals surface area contributed by atoms with Crippen molar-refractivity contribution in [3.05, 3.63) is 32.9 Å². The van der Waals surface area contributed by atoms with Crippen LogP contribution in [0.2, 0.25) is 0 Å². The number of benzene rings is 1. The maximum Gasteiger partial charge on any atom is 0.252 e. The fourth-order valence-corrected chi connectivity index (χ4v) is 3.73. The SMILES string of the molecule is Cc1cccc(C(=O)NCCC2CCCC(C)C2)c1I. The van der Waals surface area contributed by atoms with Gasteiger partial charge in [-0.1, -0.05) is 38.3 Å². The fourth-order valence-electron chi connectivity index (χ4n) is 3.13. The third-order valence-corrected chi connectivity index (χ3v) is 5.75. The molecule has 1 N–H and O–H groups in total. The van der Waals surface area contributed by atoms with E-state index in [1.54, 1.807) is 0 Å². The van der Waals surface area contributed by atoms with Crippen molar-refractivity contribution in [2.75, 3.05) is 6.54 Å². The molecular formula is C17H24INO. The summed E-state index contributed by atoms with van der Waals surface area (Å²) in [5.74, 6) is 1.74. The van der Waals surface area contributed by atoms with E-state index in [1.807, 2.05) is 25.1 Å². The van der Waals surface area contributed by atoms with Crippen LogP contribution in [-0.4, -0.2) is 12.5 Å². The maximum atomic E-state index is 12.2. The zero-order valence-corrected chi connectivity index (χ0v) is 14.6. The minimum atomic E-state index is 0.0713. The molecule has 1 fully saturated rings. The van der Waals surface area contributed by atoms with Gasteiger partial charge in [-0.05, 0) is 65.8 Å². The maximum absolute atomic E-state index is 12.2. The second-order valence-corrected chi connectivity index (χ2v) is 7.20. The molecule has 1 saturated carbocycles. The number of halogens is 1. The van der Waals surface area contributed by atoms with Crippen molar-refractivity contribution in [2.24, 2.45) is 11.8 Å². The van der Waals surface area contributed by atoms with Gasteiger partial charge in [0.25, 0.3) is 5.91 Å². The van der Waals surface area contributed by atoms with Gasteiger partial charge in [0, 0.05) is 10.1 Å². The summed E-state index contributed by atoms with van der Waals surface area (Å²) in [5, 5.41) is 3.09. The highest BCUT2D eigenvalue weighted by Crippen LogP contribution is 2.30. The minimum absolute atomic E-state index is 0.0713. The molecule has 0 saturated heterocycles. The first-order valence-electron chi connectivity index (χ1n) is 7.61. The Balaban J connectivity index is 1.82. The van der Waals surface area contributed by atoms with E-state index in [0.29, 0.717) is 0 Å². The van der Waals surface area contributed by atoms with Gasteiger partial charge < -0.3 is 5.32 Å². The first-order valence-corrected chi connectivity index (χ1v) is 8.69. The topological polar surface area (TPSA) is 29.1 Å². The number of carbonyl (C=O) groups is 1. The average molecular weight is 385 g/mol. The van der Waals surface area contributed by atoms with Crippen LogP contribution in [0.4, 0.5) is 0 Å². The first-order chi connectivity index (χ1) is 9.58. The monoisotopic (exact) mass is 385 g/mol. The smallest absolute Gasteiger partial charge is 0.252 e. The zero-order valence-electron chi connectivity index (χ0n) is 12.4. The number of hydrogen-bond acceptors (Lipinski definition) is 1. The lowest BCUT2D eigenvalue weighted by atomic mass is 9.81. The van der Waals surface area contributed by atoms with Gasteiger partial charge in [0.2, 0.25) is 0 Å². The van der Waals surface area contributed by atoms with Crippen molar-refractivity contribution < 1.29 is 4.79 Å². The predicted molar refractivity (Wildman–Crippen MR) is 92.0 cm³/mol. The quantitative estimate of drug-likeness (QED) is 0.758. The van der Waals surface area contributed by atoms with Crippen molar-refractivity contribution in [3.8, 4) is 0 Å². The van der Waals surface area contributed by atoms with E-state index in [1.165, 1.54) is 31.2 Å². The number of hydrogen-bond donors (Lipinski definition) is 1. The Morgan fingerprint density at radius 2 is 2.20 bits per heavy atom. The zero-order chi connectivity index (χ0) is 14.5. The second-order valence-electron chi connectivity index (χ2n) is 6.12. The van der Waals surface area contributed by atoms with E-state index in [2.05, 4.69) is 34.8 Å².